The fourth-order valence-electron chi connectivity index (χ4n) is 3.78. The molecule has 0 aliphatic rings. The van der Waals surface area contributed by atoms with Gasteiger partial charge in [-0.25, -0.2) is 0 Å². The molecule has 0 bridgehead atoms. The first-order chi connectivity index (χ1) is 18.2. The molecule has 0 heterocycles. The van der Waals surface area contributed by atoms with Crippen LogP contribution in [-0.2, 0) is 17.8 Å². The van der Waals surface area contributed by atoms with Crippen LogP contribution in [0.4, 0.5) is 11.4 Å². The van der Waals surface area contributed by atoms with Gasteiger partial charge in [-0.05, 0) is 66.4 Å². The summed E-state index contributed by atoms with van der Waals surface area (Å²) >= 11 is 0. The van der Waals surface area contributed by atoms with E-state index in [-0.39, 0.29) is 18.4 Å². The molecule has 0 saturated heterocycles. The molecular formula is C31H31N3O3. The lowest BCUT2D eigenvalue weighted by Gasteiger charge is -2.11. The van der Waals surface area contributed by atoms with Gasteiger partial charge in [-0.2, -0.15) is 0 Å². The number of rotatable bonds is 12. The lowest BCUT2D eigenvalue weighted by Crippen LogP contribution is -2.23. The second-order valence-corrected chi connectivity index (χ2v) is 8.61. The van der Waals surface area contributed by atoms with Gasteiger partial charge in [-0.1, -0.05) is 66.7 Å². The molecule has 0 atom stereocenters. The van der Waals surface area contributed by atoms with Crippen molar-refractivity contribution in [3.8, 4) is 5.75 Å². The van der Waals surface area contributed by atoms with Crippen LogP contribution in [0.1, 0.15) is 27.9 Å². The first-order valence-electron chi connectivity index (χ1n) is 12.4. The summed E-state index contributed by atoms with van der Waals surface area (Å²) in [6.07, 6.45) is 1.91. The van der Waals surface area contributed by atoms with Crippen LogP contribution in [0.15, 0.2) is 109 Å². The van der Waals surface area contributed by atoms with E-state index in [9.17, 15) is 9.59 Å². The third-order valence-corrected chi connectivity index (χ3v) is 5.73. The van der Waals surface area contributed by atoms with Gasteiger partial charge in [0.25, 0.3) is 5.91 Å². The maximum atomic E-state index is 12.5. The average Bonchev–Trinajstić information content (AvgIpc) is 2.95. The van der Waals surface area contributed by atoms with E-state index < -0.39 is 0 Å². The Bertz CT molecular complexity index is 1280. The smallest absolute Gasteiger partial charge is 0.251 e. The zero-order valence-electron chi connectivity index (χ0n) is 20.7. The number of carbonyl (C=O) groups is 2. The van der Waals surface area contributed by atoms with E-state index in [0.717, 1.165) is 24.2 Å². The van der Waals surface area contributed by atoms with Crippen LogP contribution < -0.4 is 20.7 Å². The number of nitrogens with one attached hydrogen (secondary N) is 3. The van der Waals surface area contributed by atoms with Crippen LogP contribution in [-0.4, -0.2) is 25.0 Å². The molecule has 0 fully saturated rings. The quantitative estimate of drug-likeness (QED) is 0.222. The van der Waals surface area contributed by atoms with Crippen molar-refractivity contribution >= 4 is 23.2 Å². The number of benzene rings is 4. The Morgan fingerprint density at radius 2 is 1.41 bits per heavy atom. The highest BCUT2D eigenvalue weighted by atomic mass is 16.5. The van der Waals surface area contributed by atoms with Gasteiger partial charge in [0.05, 0.1) is 13.2 Å². The third kappa shape index (κ3) is 8.54. The number of ether oxygens (including phenoxy) is 1. The second-order valence-electron chi connectivity index (χ2n) is 8.61. The summed E-state index contributed by atoms with van der Waals surface area (Å²) in [6, 6.07) is 34.5. The zero-order chi connectivity index (χ0) is 25.7. The molecule has 0 aliphatic heterocycles. The number of amides is 2. The van der Waals surface area contributed by atoms with Crippen molar-refractivity contribution < 1.29 is 14.3 Å². The molecule has 6 nitrogen and oxygen atoms in total. The predicted molar refractivity (Wildman–Crippen MR) is 148 cm³/mol. The lowest BCUT2D eigenvalue weighted by molar-refractivity contribution is -0.114. The van der Waals surface area contributed by atoms with Crippen LogP contribution in [0, 0.1) is 0 Å². The Balaban J connectivity index is 1.18. The average molecular weight is 494 g/mol. The van der Waals surface area contributed by atoms with Crippen LogP contribution in [0.5, 0.6) is 5.75 Å². The molecule has 6 heteroatoms. The van der Waals surface area contributed by atoms with E-state index in [1.54, 1.807) is 18.2 Å². The summed E-state index contributed by atoms with van der Waals surface area (Å²) in [6.45, 7) is 1.16. The molecule has 37 heavy (non-hydrogen) atoms. The molecule has 0 aliphatic carbocycles. The molecule has 0 spiro atoms. The highest BCUT2D eigenvalue weighted by Gasteiger charge is 2.08. The molecule has 0 radical (unpaired) electrons. The second kappa shape index (κ2) is 13.5. The first-order valence-corrected chi connectivity index (χ1v) is 12.4. The van der Waals surface area contributed by atoms with E-state index in [2.05, 4.69) is 28.1 Å². The van der Waals surface area contributed by atoms with Crippen molar-refractivity contribution in [2.45, 2.75) is 19.4 Å². The highest BCUT2D eigenvalue weighted by Crippen LogP contribution is 2.17. The molecule has 4 rings (SSSR count). The van der Waals surface area contributed by atoms with Crippen LogP contribution in [0.25, 0.3) is 0 Å². The van der Waals surface area contributed by atoms with Gasteiger partial charge in [0.1, 0.15) is 5.75 Å². The van der Waals surface area contributed by atoms with Crippen molar-refractivity contribution in [3.63, 3.8) is 0 Å². The zero-order valence-corrected chi connectivity index (χ0v) is 20.7. The van der Waals surface area contributed by atoms with Crippen molar-refractivity contribution in [3.05, 3.63) is 126 Å². The largest absolute Gasteiger partial charge is 0.494 e. The summed E-state index contributed by atoms with van der Waals surface area (Å²) in [4.78, 5) is 24.9. The standard InChI is InChI=1S/C31H31N3O3/c35-30(34-27-16-18-29(19-17-27)37-20-8-13-24-9-3-1-4-10-24)23-32-28-15-7-14-26(21-28)31(36)33-22-25-11-5-2-6-12-25/h1-7,9-12,14-19,21,32H,8,13,20,22-23H2,(H,33,36)(H,34,35). The molecule has 0 aromatic heterocycles. The molecule has 0 saturated carbocycles. The molecule has 188 valence electrons. The van der Waals surface area contributed by atoms with Crippen molar-refractivity contribution in [2.24, 2.45) is 0 Å². The van der Waals surface area contributed by atoms with Gasteiger partial charge >= 0.3 is 0 Å². The van der Waals surface area contributed by atoms with Gasteiger partial charge in [-0.3, -0.25) is 9.59 Å². The fraction of sp³-hybridized carbons (Fsp3) is 0.161. The molecule has 4 aromatic rings. The number of aryl methyl sites for hydroxylation is 1. The summed E-state index contributed by atoms with van der Waals surface area (Å²) in [5.74, 6) is 0.418. The van der Waals surface area contributed by atoms with E-state index in [1.165, 1.54) is 5.56 Å². The summed E-state index contributed by atoms with van der Waals surface area (Å²) in [7, 11) is 0. The lowest BCUT2D eigenvalue weighted by atomic mass is 10.1. The number of anilines is 2. The maximum Gasteiger partial charge on any atom is 0.251 e. The number of hydrogen-bond acceptors (Lipinski definition) is 4. The number of carbonyl (C=O) groups excluding carboxylic acids is 2. The topological polar surface area (TPSA) is 79.5 Å². The van der Waals surface area contributed by atoms with E-state index in [0.29, 0.717) is 30.1 Å². The minimum absolute atomic E-state index is 0.0762. The van der Waals surface area contributed by atoms with Crippen molar-refractivity contribution in [2.75, 3.05) is 23.8 Å². The Kier molecular flexibility index (Phi) is 9.30. The minimum atomic E-state index is -0.185. The van der Waals surface area contributed by atoms with Crippen LogP contribution in [0.2, 0.25) is 0 Å². The van der Waals surface area contributed by atoms with Gasteiger partial charge in [0, 0.05) is 23.5 Å². The van der Waals surface area contributed by atoms with Gasteiger partial charge in [-0.15, -0.1) is 0 Å². The Morgan fingerprint density at radius 3 is 2.14 bits per heavy atom. The summed E-state index contributed by atoms with van der Waals surface area (Å²) < 4.78 is 5.81. The van der Waals surface area contributed by atoms with Gasteiger partial charge in [0.2, 0.25) is 5.91 Å². The Hall–Kier alpha value is -4.58. The Labute approximate surface area is 217 Å². The molecule has 0 unspecified atom stereocenters. The van der Waals surface area contributed by atoms with Crippen LogP contribution >= 0.6 is 0 Å². The normalized spacial score (nSPS) is 10.4. The van der Waals surface area contributed by atoms with Crippen molar-refractivity contribution in [1.82, 2.24) is 5.32 Å². The van der Waals surface area contributed by atoms with Gasteiger partial charge in [0.15, 0.2) is 0 Å². The molecular weight excluding hydrogens is 462 g/mol. The third-order valence-electron chi connectivity index (χ3n) is 5.73. The highest BCUT2D eigenvalue weighted by molar-refractivity contribution is 5.96. The molecule has 2 amide bonds. The summed E-state index contributed by atoms with van der Waals surface area (Å²) in [5.41, 5.74) is 4.25. The maximum absolute atomic E-state index is 12.5. The van der Waals surface area contributed by atoms with E-state index in [1.807, 2.05) is 78.9 Å². The van der Waals surface area contributed by atoms with Crippen molar-refractivity contribution in [1.29, 1.82) is 0 Å². The van der Waals surface area contributed by atoms with E-state index >= 15 is 0 Å². The fourth-order valence-corrected chi connectivity index (χ4v) is 3.78. The SMILES string of the molecule is O=C(CNc1cccc(C(=O)NCc2ccccc2)c1)Nc1ccc(OCCCc2ccccc2)cc1. The van der Waals surface area contributed by atoms with E-state index in [4.69, 9.17) is 4.74 Å². The Morgan fingerprint density at radius 1 is 0.703 bits per heavy atom. The van der Waals surface area contributed by atoms with Crippen LogP contribution in [0.3, 0.4) is 0 Å². The number of hydrogen-bond donors (Lipinski definition) is 3. The first kappa shape index (κ1) is 25.5. The monoisotopic (exact) mass is 493 g/mol. The summed E-state index contributed by atoms with van der Waals surface area (Å²) in [5, 5.41) is 8.86. The molecule has 4 aromatic carbocycles. The minimum Gasteiger partial charge on any atom is -0.494 e. The van der Waals surface area contributed by atoms with Gasteiger partial charge < -0.3 is 20.7 Å². The molecule has 3 N–H and O–H groups in total. The predicted octanol–water partition coefficient (Wildman–Crippen LogP) is 5.68.